The lowest BCUT2D eigenvalue weighted by atomic mass is 9.99. The van der Waals surface area contributed by atoms with Crippen molar-refractivity contribution in [3.63, 3.8) is 0 Å². The maximum atomic E-state index is 12.5. The first-order valence-electron chi connectivity index (χ1n) is 7.64. The monoisotopic (exact) mass is 299 g/mol. The van der Waals surface area contributed by atoms with Crippen molar-refractivity contribution in [2.75, 3.05) is 18.5 Å². The molecule has 3 rings (SSSR count). The molecular weight excluding hydrogens is 278 g/mol. The second-order valence-electron chi connectivity index (χ2n) is 5.67. The Hall–Kier alpha value is -2.14. The van der Waals surface area contributed by atoms with E-state index < -0.39 is 0 Å². The molecule has 116 valence electrons. The van der Waals surface area contributed by atoms with E-state index in [2.05, 4.69) is 10.4 Å². The summed E-state index contributed by atoms with van der Waals surface area (Å²) < 4.78 is 7.07. The zero-order chi connectivity index (χ0) is 15.5. The minimum atomic E-state index is 0.0209. The molecule has 1 aliphatic rings. The average molecular weight is 299 g/mol. The van der Waals surface area contributed by atoms with Crippen molar-refractivity contribution in [2.24, 2.45) is 13.0 Å². The molecule has 5 nitrogen and oxygen atoms in total. The first-order valence-corrected chi connectivity index (χ1v) is 7.64. The number of carbonyl (C=O) groups is 1. The van der Waals surface area contributed by atoms with E-state index in [4.69, 9.17) is 4.74 Å². The van der Waals surface area contributed by atoms with Gasteiger partial charge in [0.2, 0.25) is 5.91 Å². The Kier molecular flexibility index (Phi) is 4.24. The minimum Gasteiger partial charge on any atom is -0.381 e. The van der Waals surface area contributed by atoms with Crippen LogP contribution in [0.4, 0.5) is 5.82 Å². The number of hydrogen-bond donors (Lipinski definition) is 1. The number of nitrogens with zero attached hydrogens (tertiary/aromatic N) is 2. The van der Waals surface area contributed by atoms with Gasteiger partial charge >= 0.3 is 0 Å². The second-order valence-corrected chi connectivity index (χ2v) is 5.67. The standard InChI is InChI=1S/C17H21N3O2/c1-12-15(13-6-4-3-5-7-13)16(20(2)19-12)18-17(21)14-8-10-22-11-9-14/h3-7,14H,8-11H2,1-2H3,(H,18,21). The number of rotatable bonds is 3. The Morgan fingerprint density at radius 1 is 1.27 bits per heavy atom. The van der Waals surface area contributed by atoms with Gasteiger partial charge in [0.1, 0.15) is 5.82 Å². The van der Waals surface area contributed by atoms with Crippen molar-refractivity contribution in [1.29, 1.82) is 0 Å². The number of ether oxygens (including phenoxy) is 1. The highest BCUT2D eigenvalue weighted by Crippen LogP contribution is 2.31. The Morgan fingerprint density at radius 2 is 1.95 bits per heavy atom. The number of carbonyl (C=O) groups excluding carboxylic acids is 1. The summed E-state index contributed by atoms with van der Waals surface area (Å²) >= 11 is 0. The second kappa shape index (κ2) is 6.32. The lowest BCUT2D eigenvalue weighted by Crippen LogP contribution is -2.29. The number of nitrogens with one attached hydrogen (secondary N) is 1. The van der Waals surface area contributed by atoms with Gasteiger partial charge in [-0.2, -0.15) is 5.10 Å². The minimum absolute atomic E-state index is 0.0209. The molecule has 1 aromatic carbocycles. The van der Waals surface area contributed by atoms with Crippen molar-refractivity contribution >= 4 is 11.7 Å². The summed E-state index contributed by atoms with van der Waals surface area (Å²) in [6.07, 6.45) is 1.56. The number of anilines is 1. The Balaban J connectivity index is 1.89. The molecule has 0 radical (unpaired) electrons. The quantitative estimate of drug-likeness (QED) is 0.948. The molecule has 0 atom stereocenters. The lowest BCUT2D eigenvalue weighted by Gasteiger charge is -2.21. The molecule has 0 bridgehead atoms. The van der Waals surface area contributed by atoms with Crippen LogP contribution in [-0.2, 0) is 16.6 Å². The third-order valence-corrected chi connectivity index (χ3v) is 4.12. The predicted octanol–water partition coefficient (Wildman–Crippen LogP) is 2.76. The summed E-state index contributed by atoms with van der Waals surface area (Å²) in [6.45, 7) is 3.29. The summed E-state index contributed by atoms with van der Waals surface area (Å²) in [5, 5.41) is 7.54. The highest BCUT2D eigenvalue weighted by molar-refractivity contribution is 5.96. The summed E-state index contributed by atoms with van der Waals surface area (Å²) in [6, 6.07) is 10.0. The number of hydrogen-bond acceptors (Lipinski definition) is 3. The average Bonchev–Trinajstić information content (AvgIpc) is 2.83. The fourth-order valence-electron chi connectivity index (χ4n) is 2.93. The van der Waals surface area contributed by atoms with Gasteiger partial charge in [-0.1, -0.05) is 30.3 Å². The van der Waals surface area contributed by atoms with E-state index in [1.165, 1.54) is 0 Å². The van der Waals surface area contributed by atoms with Crippen molar-refractivity contribution in [1.82, 2.24) is 9.78 Å². The molecule has 22 heavy (non-hydrogen) atoms. The zero-order valence-corrected chi connectivity index (χ0v) is 13.0. The molecule has 1 N–H and O–H groups in total. The summed E-state index contributed by atoms with van der Waals surface area (Å²) in [7, 11) is 1.86. The SMILES string of the molecule is Cc1nn(C)c(NC(=O)C2CCOCC2)c1-c1ccccc1. The van der Waals surface area contributed by atoms with Gasteiger partial charge in [0, 0.05) is 31.7 Å². The van der Waals surface area contributed by atoms with Crippen molar-refractivity contribution in [3.8, 4) is 11.1 Å². The molecular formula is C17H21N3O2. The third-order valence-electron chi connectivity index (χ3n) is 4.12. The van der Waals surface area contributed by atoms with Gasteiger partial charge in [-0.25, -0.2) is 0 Å². The van der Waals surface area contributed by atoms with Gasteiger partial charge < -0.3 is 10.1 Å². The lowest BCUT2D eigenvalue weighted by molar-refractivity contribution is -0.122. The fraction of sp³-hybridized carbons (Fsp3) is 0.412. The molecule has 0 unspecified atom stereocenters. The van der Waals surface area contributed by atoms with Gasteiger partial charge in [-0.15, -0.1) is 0 Å². The molecule has 2 aromatic rings. The highest BCUT2D eigenvalue weighted by atomic mass is 16.5. The maximum Gasteiger partial charge on any atom is 0.228 e. The molecule has 1 aliphatic heterocycles. The Labute approximate surface area is 130 Å². The van der Waals surface area contributed by atoms with Crippen LogP contribution in [0.2, 0.25) is 0 Å². The van der Waals surface area contributed by atoms with Gasteiger partial charge in [0.05, 0.1) is 5.69 Å². The third kappa shape index (κ3) is 2.90. The fourth-order valence-corrected chi connectivity index (χ4v) is 2.93. The van der Waals surface area contributed by atoms with Crippen LogP contribution in [0.25, 0.3) is 11.1 Å². The van der Waals surface area contributed by atoms with Crippen LogP contribution in [0, 0.1) is 12.8 Å². The van der Waals surface area contributed by atoms with Crippen LogP contribution in [-0.4, -0.2) is 28.9 Å². The molecule has 0 saturated carbocycles. The Morgan fingerprint density at radius 3 is 2.64 bits per heavy atom. The number of amides is 1. The van der Waals surface area contributed by atoms with Crippen LogP contribution >= 0.6 is 0 Å². The van der Waals surface area contributed by atoms with Gasteiger partial charge in [0.15, 0.2) is 0 Å². The molecule has 2 heterocycles. The first kappa shape index (κ1) is 14.8. The number of aryl methyl sites for hydroxylation is 2. The normalized spacial score (nSPS) is 15.7. The summed E-state index contributed by atoms with van der Waals surface area (Å²) in [5.41, 5.74) is 2.97. The van der Waals surface area contributed by atoms with Crippen LogP contribution in [0.5, 0.6) is 0 Å². The molecule has 1 aromatic heterocycles. The smallest absolute Gasteiger partial charge is 0.228 e. The molecule has 0 spiro atoms. The van der Waals surface area contributed by atoms with E-state index in [9.17, 15) is 4.79 Å². The highest BCUT2D eigenvalue weighted by Gasteiger charge is 2.24. The summed E-state index contributed by atoms with van der Waals surface area (Å²) in [5.74, 6) is 0.844. The van der Waals surface area contributed by atoms with Gasteiger partial charge in [-0.3, -0.25) is 9.48 Å². The number of aromatic nitrogens is 2. The largest absolute Gasteiger partial charge is 0.381 e. The van der Waals surface area contributed by atoms with E-state index in [0.717, 1.165) is 35.5 Å². The number of benzene rings is 1. The van der Waals surface area contributed by atoms with Crippen molar-refractivity contribution in [3.05, 3.63) is 36.0 Å². The first-order chi connectivity index (χ1) is 10.7. The predicted molar refractivity (Wildman–Crippen MR) is 85.6 cm³/mol. The molecule has 5 heteroatoms. The zero-order valence-electron chi connectivity index (χ0n) is 13.0. The van der Waals surface area contributed by atoms with E-state index in [1.54, 1.807) is 4.68 Å². The van der Waals surface area contributed by atoms with Crippen molar-refractivity contribution < 1.29 is 9.53 Å². The topological polar surface area (TPSA) is 56.2 Å². The van der Waals surface area contributed by atoms with Gasteiger partial charge in [0.25, 0.3) is 0 Å². The van der Waals surface area contributed by atoms with Crippen LogP contribution < -0.4 is 5.32 Å². The molecule has 0 aliphatic carbocycles. The molecule has 1 saturated heterocycles. The van der Waals surface area contributed by atoms with Crippen LogP contribution in [0.1, 0.15) is 18.5 Å². The molecule has 1 fully saturated rings. The van der Waals surface area contributed by atoms with E-state index in [1.807, 2.05) is 44.3 Å². The van der Waals surface area contributed by atoms with E-state index >= 15 is 0 Å². The maximum absolute atomic E-state index is 12.5. The Bertz CT molecular complexity index is 658. The van der Waals surface area contributed by atoms with Crippen LogP contribution in [0.15, 0.2) is 30.3 Å². The molecule has 1 amide bonds. The summed E-state index contributed by atoms with van der Waals surface area (Å²) in [4.78, 5) is 12.5. The van der Waals surface area contributed by atoms with E-state index in [0.29, 0.717) is 13.2 Å². The van der Waals surface area contributed by atoms with Crippen molar-refractivity contribution in [2.45, 2.75) is 19.8 Å². The van der Waals surface area contributed by atoms with Gasteiger partial charge in [-0.05, 0) is 25.3 Å². The van der Waals surface area contributed by atoms with E-state index in [-0.39, 0.29) is 11.8 Å². The van der Waals surface area contributed by atoms with Crippen LogP contribution in [0.3, 0.4) is 0 Å².